The van der Waals surface area contributed by atoms with Gasteiger partial charge in [-0.25, -0.2) is 4.98 Å². The van der Waals surface area contributed by atoms with E-state index in [1.54, 1.807) is 26.1 Å². The highest BCUT2D eigenvalue weighted by atomic mass is 16.4. The van der Waals surface area contributed by atoms with E-state index in [1.165, 1.54) is 12.5 Å². The first-order chi connectivity index (χ1) is 8.19. The number of carbonyl (C=O) groups excluding carboxylic acids is 1. The predicted molar refractivity (Wildman–Crippen MR) is 63.0 cm³/mol. The maximum Gasteiger partial charge on any atom is 0.301 e. The molecule has 0 aliphatic heterocycles. The van der Waals surface area contributed by atoms with E-state index in [0.717, 1.165) is 0 Å². The van der Waals surface area contributed by atoms with Crippen LogP contribution in [0.5, 0.6) is 0 Å². The molecular weight excluding hydrogens is 220 g/mol. The van der Waals surface area contributed by atoms with Gasteiger partial charge in [-0.05, 0) is 19.1 Å². The molecule has 0 bridgehead atoms. The summed E-state index contributed by atoms with van der Waals surface area (Å²) in [6.45, 7) is 1.78. The summed E-state index contributed by atoms with van der Waals surface area (Å²) in [6, 6.07) is 3.57. The third kappa shape index (κ3) is 2.60. The summed E-state index contributed by atoms with van der Waals surface area (Å²) in [5.41, 5.74) is 1.16. The van der Waals surface area contributed by atoms with Gasteiger partial charge in [0.1, 0.15) is 12.1 Å². The molecule has 6 heteroatoms. The van der Waals surface area contributed by atoms with Crippen molar-refractivity contribution in [2.24, 2.45) is 0 Å². The molecule has 0 radical (unpaired) electrons. The molecule has 0 unspecified atom stereocenters. The number of amides is 1. The molecule has 0 saturated carbocycles. The zero-order chi connectivity index (χ0) is 12.3. The second kappa shape index (κ2) is 4.65. The van der Waals surface area contributed by atoms with Gasteiger partial charge in [0.05, 0.1) is 11.3 Å². The van der Waals surface area contributed by atoms with Crippen molar-refractivity contribution in [1.29, 1.82) is 0 Å². The van der Waals surface area contributed by atoms with Crippen molar-refractivity contribution in [3.05, 3.63) is 35.9 Å². The van der Waals surface area contributed by atoms with Gasteiger partial charge in [0.15, 0.2) is 0 Å². The van der Waals surface area contributed by atoms with Crippen LogP contribution in [0.4, 0.5) is 11.8 Å². The Morgan fingerprint density at radius 3 is 2.76 bits per heavy atom. The molecule has 0 spiro atoms. The Morgan fingerprint density at radius 2 is 2.24 bits per heavy atom. The van der Waals surface area contributed by atoms with Gasteiger partial charge < -0.3 is 9.73 Å². The highest BCUT2D eigenvalue weighted by molar-refractivity contribution is 6.02. The zero-order valence-corrected chi connectivity index (χ0v) is 9.52. The van der Waals surface area contributed by atoms with Gasteiger partial charge >= 0.3 is 6.01 Å². The van der Waals surface area contributed by atoms with Crippen molar-refractivity contribution in [2.45, 2.75) is 6.92 Å². The number of hydrogen-bond acceptors (Lipinski definition) is 5. The van der Waals surface area contributed by atoms with Crippen LogP contribution in [-0.4, -0.2) is 22.9 Å². The van der Waals surface area contributed by atoms with Crippen LogP contribution in [0.25, 0.3) is 0 Å². The summed E-state index contributed by atoms with van der Waals surface area (Å²) in [5, 5.41) is 5.41. The van der Waals surface area contributed by atoms with Crippen molar-refractivity contribution < 1.29 is 9.21 Å². The quantitative estimate of drug-likeness (QED) is 0.841. The molecule has 17 heavy (non-hydrogen) atoms. The lowest BCUT2D eigenvalue weighted by Gasteiger charge is -2.02. The van der Waals surface area contributed by atoms with E-state index < -0.39 is 0 Å². The van der Waals surface area contributed by atoms with Gasteiger partial charge in [0.2, 0.25) is 0 Å². The fourth-order valence-corrected chi connectivity index (χ4v) is 1.26. The molecule has 0 aliphatic carbocycles. The van der Waals surface area contributed by atoms with Crippen LogP contribution >= 0.6 is 0 Å². The smallest absolute Gasteiger partial charge is 0.301 e. The SMILES string of the molecule is CNc1ccc(C(=O)Nc2nc(C)co2)cn1. The minimum absolute atomic E-state index is 0.185. The van der Waals surface area contributed by atoms with Crippen molar-refractivity contribution >= 4 is 17.7 Å². The Morgan fingerprint density at radius 1 is 1.41 bits per heavy atom. The van der Waals surface area contributed by atoms with Gasteiger partial charge in [-0.1, -0.05) is 0 Å². The number of anilines is 2. The molecule has 0 atom stereocenters. The summed E-state index contributed by atoms with van der Waals surface area (Å²) in [7, 11) is 1.76. The number of oxazole rings is 1. The molecular formula is C11H12N4O2. The summed E-state index contributed by atoms with van der Waals surface area (Å²) in [6.07, 6.45) is 2.95. The Bertz CT molecular complexity index is 519. The van der Waals surface area contributed by atoms with Crippen LogP contribution in [0.15, 0.2) is 29.0 Å². The average Bonchev–Trinajstić information content (AvgIpc) is 2.75. The van der Waals surface area contributed by atoms with Crippen LogP contribution in [-0.2, 0) is 0 Å². The maximum atomic E-state index is 11.8. The summed E-state index contributed by atoms with van der Waals surface area (Å²) >= 11 is 0. The lowest BCUT2D eigenvalue weighted by Crippen LogP contribution is -2.12. The minimum atomic E-state index is -0.304. The number of nitrogens with one attached hydrogen (secondary N) is 2. The first-order valence-electron chi connectivity index (χ1n) is 5.06. The highest BCUT2D eigenvalue weighted by Crippen LogP contribution is 2.09. The van der Waals surface area contributed by atoms with Crippen molar-refractivity contribution in [1.82, 2.24) is 9.97 Å². The van der Waals surface area contributed by atoms with Crippen LogP contribution in [0.3, 0.4) is 0 Å². The summed E-state index contributed by atoms with van der Waals surface area (Å²) in [4.78, 5) is 19.8. The Labute approximate surface area is 98.1 Å². The number of rotatable bonds is 3. The number of hydrogen-bond donors (Lipinski definition) is 2. The number of nitrogens with zero attached hydrogens (tertiary/aromatic N) is 2. The molecule has 2 heterocycles. The molecule has 2 rings (SSSR count). The van der Waals surface area contributed by atoms with Crippen LogP contribution in [0.1, 0.15) is 16.1 Å². The van der Waals surface area contributed by atoms with E-state index in [1.807, 2.05) is 0 Å². The molecule has 1 amide bonds. The third-order valence-corrected chi connectivity index (χ3v) is 2.12. The van der Waals surface area contributed by atoms with Gasteiger partial charge in [0.25, 0.3) is 5.91 Å². The standard InChI is InChI=1S/C11H12N4O2/c1-7-6-17-11(14-7)15-10(16)8-3-4-9(12-2)13-5-8/h3-6H,1-2H3,(H,12,13)(H,14,15,16). The van der Waals surface area contributed by atoms with Crippen LogP contribution in [0, 0.1) is 6.92 Å². The third-order valence-electron chi connectivity index (χ3n) is 2.12. The van der Waals surface area contributed by atoms with E-state index in [4.69, 9.17) is 4.42 Å². The monoisotopic (exact) mass is 232 g/mol. The molecule has 0 aliphatic rings. The molecule has 2 aromatic rings. The maximum absolute atomic E-state index is 11.8. The van der Waals surface area contributed by atoms with Crippen molar-refractivity contribution in [3.8, 4) is 0 Å². The predicted octanol–water partition coefficient (Wildman–Crippen LogP) is 1.67. The van der Waals surface area contributed by atoms with Crippen molar-refractivity contribution in [2.75, 3.05) is 17.7 Å². The van der Waals surface area contributed by atoms with Gasteiger partial charge in [-0.2, -0.15) is 4.98 Å². The van der Waals surface area contributed by atoms with E-state index >= 15 is 0 Å². The topological polar surface area (TPSA) is 80.0 Å². The number of carbonyl (C=O) groups is 1. The Kier molecular flexibility index (Phi) is 3.04. The average molecular weight is 232 g/mol. The lowest BCUT2D eigenvalue weighted by molar-refractivity contribution is 0.102. The van der Waals surface area contributed by atoms with Gasteiger partial charge in [-0.15, -0.1) is 0 Å². The summed E-state index contributed by atoms with van der Waals surface area (Å²) < 4.78 is 5.03. The molecule has 6 nitrogen and oxygen atoms in total. The normalized spacial score (nSPS) is 10.0. The van der Waals surface area contributed by atoms with Crippen LogP contribution < -0.4 is 10.6 Å². The van der Waals surface area contributed by atoms with Crippen LogP contribution in [0.2, 0.25) is 0 Å². The molecule has 0 fully saturated rings. The Balaban J connectivity index is 2.09. The van der Waals surface area contributed by atoms with Gasteiger partial charge in [0, 0.05) is 13.2 Å². The summed E-state index contributed by atoms with van der Waals surface area (Å²) in [5.74, 6) is 0.399. The van der Waals surface area contributed by atoms with Crippen molar-refractivity contribution in [3.63, 3.8) is 0 Å². The second-order valence-electron chi connectivity index (χ2n) is 3.43. The van der Waals surface area contributed by atoms with E-state index in [0.29, 0.717) is 17.1 Å². The second-order valence-corrected chi connectivity index (χ2v) is 3.43. The minimum Gasteiger partial charge on any atom is -0.432 e. The number of aryl methyl sites for hydroxylation is 1. The molecule has 0 aromatic carbocycles. The highest BCUT2D eigenvalue weighted by Gasteiger charge is 2.09. The molecule has 88 valence electrons. The first-order valence-corrected chi connectivity index (χ1v) is 5.06. The fourth-order valence-electron chi connectivity index (χ4n) is 1.26. The molecule has 2 aromatic heterocycles. The lowest BCUT2D eigenvalue weighted by atomic mass is 10.2. The zero-order valence-electron chi connectivity index (χ0n) is 9.52. The largest absolute Gasteiger partial charge is 0.432 e. The van der Waals surface area contributed by atoms with E-state index in [-0.39, 0.29) is 11.9 Å². The van der Waals surface area contributed by atoms with Gasteiger partial charge in [-0.3, -0.25) is 10.1 Å². The van der Waals surface area contributed by atoms with E-state index in [9.17, 15) is 4.79 Å². The Hall–Kier alpha value is -2.37. The molecule has 0 saturated heterocycles. The number of pyridine rings is 1. The number of aromatic nitrogens is 2. The molecule has 2 N–H and O–H groups in total. The van der Waals surface area contributed by atoms with E-state index in [2.05, 4.69) is 20.6 Å². The first kappa shape index (κ1) is 11.1. The fraction of sp³-hybridized carbons (Fsp3) is 0.182.